The average Bonchev–Trinajstić information content (AvgIpc) is 2.87. The van der Waals surface area contributed by atoms with Gasteiger partial charge in [0, 0.05) is 20.0 Å². The Morgan fingerprint density at radius 1 is 1.42 bits per heavy atom. The summed E-state index contributed by atoms with van der Waals surface area (Å²) in [5.41, 5.74) is 0. The first kappa shape index (κ1) is 13.8. The molecule has 3 atom stereocenters. The Labute approximate surface area is 110 Å². The van der Waals surface area contributed by atoms with Gasteiger partial charge in [0.2, 0.25) is 11.8 Å². The molecule has 0 bridgehead atoms. The van der Waals surface area contributed by atoms with Gasteiger partial charge in [0.1, 0.15) is 5.92 Å². The zero-order chi connectivity index (χ0) is 14.0. The van der Waals surface area contributed by atoms with Crippen LogP contribution in [0, 0.1) is 11.8 Å². The summed E-state index contributed by atoms with van der Waals surface area (Å²) in [7, 11) is 1.61. The maximum atomic E-state index is 12.3. The van der Waals surface area contributed by atoms with Crippen LogP contribution in [0.2, 0.25) is 0 Å². The van der Waals surface area contributed by atoms with Crippen molar-refractivity contribution in [3.05, 3.63) is 0 Å². The van der Waals surface area contributed by atoms with Crippen molar-refractivity contribution in [1.29, 1.82) is 0 Å². The van der Waals surface area contributed by atoms with Crippen molar-refractivity contribution in [2.24, 2.45) is 11.8 Å². The van der Waals surface area contributed by atoms with Gasteiger partial charge in [-0.15, -0.1) is 0 Å². The molecule has 0 aromatic carbocycles. The van der Waals surface area contributed by atoms with Crippen molar-refractivity contribution >= 4 is 17.8 Å². The number of likely N-dealkylation sites (N-methyl/N-ethyl adjacent to an activating group) is 1. The minimum atomic E-state index is -0.945. The molecule has 2 rings (SSSR count). The van der Waals surface area contributed by atoms with Crippen molar-refractivity contribution in [2.45, 2.75) is 18.9 Å². The van der Waals surface area contributed by atoms with Crippen molar-refractivity contribution in [3.63, 3.8) is 0 Å². The Bertz CT molecular complexity index is 388. The van der Waals surface area contributed by atoms with Crippen LogP contribution in [0.5, 0.6) is 0 Å². The topological polar surface area (TPSA) is 95.9 Å². The average molecular weight is 270 g/mol. The lowest BCUT2D eigenvalue weighted by molar-refractivity contribution is -0.145. The minimum Gasteiger partial charge on any atom is -0.481 e. The Kier molecular flexibility index (Phi) is 4.04. The standard InChI is InChI=1S/C12H18N2O5/c1-14(9-6-19-5-8(9)12(17)18)11(16)7-2-3-10(15)13-4-7/h7-9H,2-6H2,1H3,(H,13,15)(H,17,18). The van der Waals surface area contributed by atoms with E-state index in [2.05, 4.69) is 5.32 Å². The van der Waals surface area contributed by atoms with E-state index in [1.165, 1.54) is 4.90 Å². The van der Waals surface area contributed by atoms with Crippen molar-refractivity contribution in [1.82, 2.24) is 10.2 Å². The van der Waals surface area contributed by atoms with Gasteiger partial charge in [0.25, 0.3) is 0 Å². The molecule has 0 saturated carbocycles. The number of carbonyl (C=O) groups excluding carboxylic acids is 2. The van der Waals surface area contributed by atoms with Gasteiger partial charge < -0.3 is 20.1 Å². The molecule has 0 spiro atoms. The molecular formula is C12H18N2O5. The first-order chi connectivity index (χ1) is 9.00. The zero-order valence-corrected chi connectivity index (χ0v) is 10.8. The van der Waals surface area contributed by atoms with Gasteiger partial charge in [-0.1, -0.05) is 0 Å². The number of ether oxygens (including phenoxy) is 1. The summed E-state index contributed by atoms with van der Waals surface area (Å²) in [6.07, 6.45) is 0.855. The largest absolute Gasteiger partial charge is 0.481 e. The molecule has 106 valence electrons. The second kappa shape index (κ2) is 5.56. The molecule has 0 aromatic heterocycles. The van der Waals surface area contributed by atoms with E-state index in [0.717, 1.165) is 0 Å². The SMILES string of the molecule is CN(C(=O)C1CCC(=O)NC1)C1COCC1C(=O)O. The van der Waals surface area contributed by atoms with Crippen LogP contribution in [0.4, 0.5) is 0 Å². The molecule has 2 fully saturated rings. The maximum absolute atomic E-state index is 12.3. The Morgan fingerprint density at radius 2 is 2.16 bits per heavy atom. The second-order valence-corrected chi connectivity index (χ2v) is 5.04. The first-order valence-corrected chi connectivity index (χ1v) is 6.34. The highest BCUT2D eigenvalue weighted by atomic mass is 16.5. The first-order valence-electron chi connectivity index (χ1n) is 6.34. The number of nitrogens with zero attached hydrogens (tertiary/aromatic N) is 1. The molecule has 2 amide bonds. The molecule has 3 unspecified atom stereocenters. The van der Waals surface area contributed by atoms with Crippen LogP contribution >= 0.6 is 0 Å². The molecule has 0 aromatic rings. The Balaban J connectivity index is 1.98. The normalized spacial score (nSPS) is 30.8. The fraction of sp³-hybridized carbons (Fsp3) is 0.750. The monoisotopic (exact) mass is 270 g/mol. The van der Waals surface area contributed by atoms with Crippen LogP contribution in [-0.4, -0.2) is 60.6 Å². The highest BCUT2D eigenvalue weighted by molar-refractivity contribution is 5.84. The van der Waals surface area contributed by atoms with Gasteiger partial charge in [0.15, 0.2) is 0 Å². The summed E-state index contributed by atoms with van der Waals surface area (Å²) in [5, 5.41) is 11.7. The molecule has 2 heterocycles. The lowest BCUT2D eigenvalue weighted by Crippen LogP contribution is -2.49. The third-order valence-electron chi connectivity index (χ3n) is 3.83. The fourth-order valence-corrected chi connectivity index (χ4v) is 2.56. The quantitative estimate of drug-likeness (QED) is 0.691. The van der Waals surface area contributed by atoms with Gasteiger partial charge in [-0.2, -0.15) is 0 Å². The van der Waals surface area contributed by atoms with E-state index >= 15 is 0 Å². The van der Waals surface area contributed by atoms with E-state index in [9.17, 15) is 14.4 Å². The predicted octanol–water partition coefficient (Wildman–Crippen LogP) is -0.929. The summed E-state index contributed by atoms with van der Waals surface area (Å²) in [4.78, 5) is 35.9. The summed E-state index contributed by atoms with van der Waals surface area (Å²) in [6, 6.07) is -0.428. The van der Waals surface area contributed by atoms with Crippen LogP contribution in [0.25, 0.3) is 0 Å². The summed E-state index contributed by atoms with van der Waals surface area (Å²) >= 11 is 0. The van der Waals surface area contributed by atoms with E-state index in [0.29, 0.717) is 19.4 Å². The number of aliphatic carboxylic acids is 1. The molecule has 2 saturated heterocycles. The van der Waals surface area contributed by atoms with Crippen molar-refractivity contribution in [3.8, 4) is 0 Å². The number of nitrogens with one attached hydrogen (secondary N) is 1. The lowest BCUT2D eigenvalue weighted by atomic mass is 9.95. The smallest absolute Gasteiger partial charge is 0.311 e. The second-order valence-electron chi connectivity index (χ2n) is 5.04. The number of carboxylic acids is 1. The molecule has 0 aliphatic carbocycles. The van der Waals surface area contributed by atoms with Crippen molar-refractivity contribution in [2.75, 3.05) is 26.8 Å². The van der Waals surface area contributed by atoms with E-state index < -0.39 is 17.9 Å². The third-order valence-corrected chi connectivity index (χ3v) is 3.83. The Hall–Kier alpha value is -1.63. The van der Waals surface area contributed by atoms with Gasteiger partial charge in [-0.25, -0.2) is 0 Å². The van der Waals surface area contributed by atoms with Crippen LogP contribution in [0.3, 0.4) is 0 Å². The predicted molar refractivity (Wildman–Crippen MR) is 64.2 cm³/mol. The number of carboxylic acid groups (broad SMARTS) is 1. The molecule has 2 aliphatic heterocycles. The minimum absolute atomic E-state index is 0.0423. The zero-order valence-electron chi connectivity index (χ0n) is 10.8. The molecule has 19 heavy (non-hydrogen) atoms. The number of carbonyl (C=O) groups is 3. The van der Waals surface area contributed by atoms with Crippen LogP contribution in [-0.2, 0) is 19.1 Å². The fourth-order valence-electron chi connectivity index (χ4n) is 2.56. The van der Waals surface area contributed by atoms with Gasteiger partial charge in [-0.3, -0.25) is 14.4 Å². The van der Waals surface area contributed by atoms with Crippen molar-refractivity contribution < 1.29 is 24.2 Å². The van der Waals surface area contributed by atoms with E-state index in [1.807, 2.05) is 0 Å². The number of hydrogen-bond acceptors (Lipinski definition) is 4. The molecule has 0 radical (unpaired) electrons. The highest BCUT2D eigenvalue weighted by Crippen LogP contribution is 2.22. The number of amides is 2. The Morgan fingerprint density at radius 3 is 2.74 bits per heavy atom. The van der Waals surface area contributed by atoms with Crippen LogP contribution in [0.1, 0.15) is 12.8 Å². The van der Waals surface area contributed by atoms with E-state index in [4.69, 9.17) is 9.84 Å². The van der Waals surface area contributed by atoms with Crippen LogP contribution < -0.4 is 5.32 Å². The summed E-state index contributed by atoms with van der Waals surface area (Å²) in [6.45, 7) is 0.713. The molecule has 2 aliphatic rings. The van der Waals surface area contributed by atoms with Gasteiger partial charge in [0.05, 0.1) is 25.2 Å². The van der Waals surface area contributed by atoms with Gasteiger partial charge >= 0.3 is 5.97 Å². The molecular weight excluding hydrogens is 252 g/mol. The van der Waals surface area contributed by atoms with Gasteiger partial charge in [-0.05, 0) is 6.42 Å². The van der Waals surface area contributed by atoms with Crippen LogP contribution in [0.15, 0.2) is 0 Å². The number of rotatable bonds is 3. The molecule has 2 N–H and O–H groups in total. The molecule has 7 heteroatoms. The number of hydrogen-bond donors (Lipinski definition) is 2. The molecule has 7 nitrogen and oxygen atoms in total. The lowest BCUT2D eigenvalue weighted by Gasteiger charge is -2.31. The summed E-state index contributed by atoms with van der Waals surface area (Å²) < 4.78 is 5.16. The van der Waals surface area contributed by atoms with E-state index in [1.54, 1.807) is 7.05 Å². The maximum Gasteiger partial charge on any atom is 0.311 e. The third kappa shape index (κ3) is 2.86. The van der Waals surface area contributed by atoms with E-state index in [-0.39, 0.29) is 30.9 Å². The number of piperidine rings is 1. The summed E-state index contributed by atoms with van der Waals surface area (Å²) in [5.74, 6) is -2.05. The highest BCUT2D eigenvalue weighted by Gasteiger charge is 2.40.